The number of ether oxygens (including phenoxy) is 1. The Bertz CT molecular complexity index is 829. The third kappa shape index (κ3) is 4.16. The van der Waals surface area contributed by atoms with E-state index in [1.807, 2.05) is 32.0 Å². The maximum atomic E-state index is 11.9. The quantitative estimate of drug-likeness (QED) is 0.508. The second-order valence-corrected chi connectivity index (χ2v) is 6.77. The summed E-state index contributed by atoms with van der Waals surface area (Å²) in [5.41, 5.74) is 5.61. The van der Waals surface area contributed by atoms with Gasteiger partial charge in [0.2, 0.25) is 0 Å². The van der Waals surface area contributed by atoms with Crippen molar-refractivity contribution in [3.05, 3.63) is 50.5 Å². The molecule has 6 nitrogen and oxygen atoms in total. The van der Waals surface area contributed by atoms with Gasteiger partial charge in [-0.2, -0.15) is 5.10 Å². The van der Waals surface area contributed by atoms with Crippen LogP contribution in [-0.2, 0) is 4.79 Å². The van der Waals surface area contributed by atoms with Crippen LogP contribution < -0.4 is 10.2 Å². The molecule has 0 aliphatic heterocycles. The lowest BCUT2D eigenvalue weighted by molar-refractivity contribution is -0.123. The molecule has 0 saturated heterocycles. The van der Waals surface area contributed by atoms with Gasteiger partial charge in [0.1, 0.15) is 17.2 Å². The van der Waals surface area contributed by atoms with Crippen molar-refractivity contribution in [3.8, 4) is 17.2 Å². The van der Waals surface area contributed by atoms with Crippen molar-refractivity contribution in [3.63, 3.8) is 0 Å². The molecule has 3 N–H and O–H groups in total. The Balaban J connectivity index is 2.04. The largest absolute Gasteiger partial charge is 0.507 e. The minimum absolute atomic E-state index is 0.0248. The first-order valence-electron chi connectivity index (χ1n) is 7.95. The van der Waals surface area contributed by atoms with E-state index in [4.69, 9.17) is 4.74 Å². The van der Waals surface area contributed by atoms with Crippen LogP contribution in [0.2, 0.25) is 0 Å². The van der Waals surface area contributed by atoms with Crippen molar-refractivity contribution in [2.24, 2.45) is 5.10 Å². The van der Waals surface area contributed by atoms with Crippen LogP contribution in [0, 0.1) is 27.7 Å². The number of hydrogen-bond donors (Lipinski definition) is 3. The topological polar surface area (TPSA) is 91.2 Å². The van der Waals surface area contributed by atoms with Gasteiger partial charge in [0.15, 0.2) is 6.61 Å². The lowest BCUT2D eigenvalue weighted by Crippen LogP contribution is -2.25. The van der Waals surface area contributed by atoms with Crippen LogP contribution in [0.15, 0.2) is 27.8 Å². The van der Waals surface area contributed by atoms with Crippen LogP contribution in [0.4, 0.5) is 0 Å². The SMILES string of the molecule is Cc1cccc(C)c1OCC(=O)NN=Cc1c(C)c(Br)c(O)c(C)c1O. The number of benzene rings is 2. The highest BCUT2D eigenvalue weighted by Crippen LogP contribution is 2.39. The number of rotatable bonds is 5. The number of aromatic hydroxyl groups is 2. The van der Waals surface area contributed by atoms with E-state index >= 15 is 0 Å². The molecular formula is C19H21BrN2O4. The highest BCUT2D eigenvalue weighted by atomic mass is 79.9. The smallest absolute Gasteiger partial charge is 0.277 e. The highest BCUT2D eigenvalue weighted by molar-refractivity contribution is 9.10. The van der Waals surface area contributed by atoms with Crippen molar-refractivity contribution in [2.45, 2.75) is 27.7 Å². The van der Waals surface area contributed by atoms with E-state index in [1.54, 1.807) is 13.8 Å². The maximum Gasteiger partial charge on any atom is 0.277 e. The molecule has 0 aromatic heterocycles. The van der Waals surface area contributed by atoms with E-state index in [1.165, 1.54) is 6.21 Å². The number of hydrazone groups is 1. The lowest BCUT2D eigenvalue weighted by Gasteiger charge is -2.12. The summed E-state index contributed by atoms with van der Waals surface area (Å²) in [6, 6.07) is 5.75. The molecule has 138 valence electrons. The number of para-hydroxylation sites is 1. The van der Waals surface area contributed by atoms with Gasteiger partial charge >= 0.3 is 0 Å². The summed E-state index contributed by atoms with van der Waals surface area (Å²) in [6.07, 6.45) is 1.33. The monoisotopic (exact) mass is 420 g/mol. The van der Waals surface area contributed by atoms with E-state index in [0.29, 0.717) is 26.9 Å². The molecule has 0 fully saturated rings. The fraction of sp³-hybridized carbons (Fsp3) is 0.263. The van der Waals surface area contributed by atoms with Crippen molar-refractivity contribution in [1.82, 2.24) is 5.43 Å². The maximum absolute atomic E-state index is 11.9. The Morgan fingerprint density at radius 1 is 1.15 bits per heavy atom. The van der Waals surface area contributed by atoms with Crippen LogP contribution in [-0.4, -0.2) is 28.9 Å². The molecule has 0 heterocycles. The van der Waals surface area contributed by atoms with Crippen molar-refractivity contribution in [1.29, 1.82) is 0 Å². The van der Waals surface area contributed by atoms with Gasteiger partial charge in [0, 0.05) is 11.1 Å². The van der Waals surface area contributed by atoms with Gasteiger partial charge in [-0.15, -0.1) is 0 Å². The zero-order valence-electron chi connectivity index (χ0n) is 15.1. The number of carbonyl (C=O) groups is 1. The minimum Gasteiger partial charge on any atom is -0.507 e. The summed E-state index contributed by atoms with van der Waals surface area (Å²) in [5, 5.41) is 23.9. The number of phenols is 2. The first-order chi connectivity index (χ1) is 12.2. The second-order valence-electron chi connectivity index (χ2n) is 5.98. The molecule has 0 saturated carbocycles. The molecule has 2 rings (SSSR count). The Labute approximate surface area is 160 Å². The first kappa shape index (κ1) is 19.8. The molecule has 26 heavy (non-hydrogen) atoms. The molecule has 0 spiro atoms. The highest BCUT2D eigenvalue weighted by Gasteiger charge is 2.16. The zero-order valence-corrected chi connectivity index (χ0v) is 16.6. The number of halogens is 1. The number of nitrogens with zero attached hydrogens (tertiary/aromatic N) is 1. The van der Waals surface area contributed by atoms with Crippen LogP contribution in [0.5, 0.6) is 17.2 Å². The number of hydrogen-bond acceptors (Lipinski definition) is 5. The van der Waals surface area contributed by atoms with E-state index in [2.05, 4.69) is 26.5 Å². The third-order valence-electron chi connectivity index (χ3n) is 4.05. The van der Waals surface area contributed by atoms with E-state index < -0.39 is 5.91 Å². The third-order valence-corrected chi connectivity index (χ3v) is 5.02. The lowest BCUT2D eigenvalue weighted by atomic mass is 10.0. The second kappa shape index (κ2) is 8.23. The molecule has 7 heteroatoms. The summed E-state index contributed by atoms with van der Waals surface area (Å²) in [6.45, 7) is 6.95. The predicted octanol–water partition coefficient (Wildman–Crippen LogP) is 3.62. The first-order valence-corrected chi connectivity index (χ1v) is 8.74. The Morgan fingerprint density at radius 2 is 1.77 bits per heavy atom. The van der Waals surface area contributed by atoms with Gasteiger partial charge in [-0.3, -0.25) is 4.79 Å². The number of carbonyl (C=O) groups excluding carboxylic acids is 1. The minimum atomic E-state index is -0.421. The number of phenolic OH excluding ortho intramolecular Hbond substituents is 2. The molecule has 0 unspecified atom stereocenters. The van der Waals surface area contributed by atoms with E-state index in [9.17, 15) is 15.0 Å². The molecule has 0 aliphatic carbocycles. The summed E-state index contributed by atoms with van der Waals surface area (Å²) < 4.78 is 6.03. The summed E-state index contributed by atoms with van der Waals surface area (Å²) in [4.78, 5) is 11.9. The standard InChI is InChI=1S/C19H21BrN2O4/c1-10-6-5-7-11(2)19(10)26-9-15(23)22-21-8-14-12(3)16(20)18(25)13(4)17(14)24/h5-8,24-25H,9H2,1-4H3,(H,22,23). The fourth-order valence-electron chi connectivity index (χ4n) is 2.48. The van der Waals surface area contributed by atoms with Gasteiger partial charge in [-0.1, -0.05) is 18.2 Å². The van der Waals surface area contributed by atoms with E-state index in [0.717, 1.165) is 11.1 Å². The van der Waals surface area contributed by atoms with Crippen LogP contribution >= 0.6 is 15.9 Å². The Kier molecular flexibility index (Phi) is 6.26. The van der Waals surface area contributed by atoms with Gasteiger partial charge in [-0.05, 0) is 60.3 Å². The molecule has 0 atom stereocenters. The van der Waals surface area contributed by atoms with Crippen molar-refractivity contribution < 1.29 is 19.7 Å². The number of nitrogens with one attached hydrogen (secondary N) is 1. The average Bonchev–Trinajstić information content (AvgIpc) is 2.61. The molecule has 0 bridgehead atoms. The summed E-state index contributed by atoms with van der Waals surface area (Å²) >= 11 is 3.27. The Morgan fingerprint density at radius 3 is 2.38 bits per heavy atom. The molecule has 1 amide bonds. The van der Waals surface area contributed by atoms with Gasteiger partial charge in [0.25, 0.3) is 5.91 Å². The van der Waals surface area contributed by atoms with Gasteiger partial charge in [-0.25, -0.2) is 5.43 Å². The predicted molar refractivity (Wildman–Crippen MR) is 104 cm³/mol. The summed E-state index contributed by atoms with van der Waals surface area (Å²) in [5.74, 6) is 0.144. The average molecular weight is 421 g/mol. The van der Waals surface area contributed by atoms with Crippen LogP contribution in [0.1, 0.15) is 27.8 Å². The molecule has 0 aliphatic rings. The molecule has 0 radical (unpaired) electrons. The number of amides is 1. The van der Waals surface area contributed by atoms with E-state index in [-0.39, 0.29) is 18.1 Å². The van der Waals surface area contributed by atoms with Gasteiger partial charge < -0.3 is 14.9 Å². The number of aryl methyl sites for hydroxylation is 2. The van der Waals surface area contributed by atoms with Crippen LogP contribution in [0.25, 0.3) is 0 Å². The normalized spacial score (nSPS) is 11.0. The van der Waals surface area contributed by atoms with Gasteiger partial charge in [0.05, 0.1) is 10.7 Å². The fourth-order valence-corrected chi connectivity index (χ4v) is 2.99. The molecule has 2 aromatic carbocycles. The summed E-state index contributed by atoms with van der Waals surface area (Å²) in [7, 11) is 0. The van der Waals surface area contributed by atoms with Crippen molar-refractivity contribution >= 4 is 28.1 Å². The molecule has 2 aromatic rings. The zero-order chi connectivity index (χ0) is 19.4. The van der Waals surface area contributed by atoms with Crippen molar-refractivity contribution in [2.75, 3.05) is 6.61 Å². The van der Waals surface area contributed by atoms with Crippen LogP contribution in [0.3, 0.4) is 0 Å². The Hall–Kier alpha value is -2.54. The molecular weight excluding hydrogens is 400 g/mol.